The Morgan fingerprint density at radius 3 is 2.79 bits per heavy atom. The number of hydrogen-bond donors (Lipinski definition) is 1. The van der Waals surface area contributed by atoms with Gasteiger partial charge in [0.15, 0.2) is 0 Å². The molecule has 0 saturated carbocycles. The van der Waals surface area contributed by atoms with E-state index in [0.717, 1.165) is 26.7 Å². The van der Waals surface area contributed by atoms with Crippen LogP contribution < -0.4 is 15.0 Å². The molecule has 144 valence electrons. The topological polar surface area (TPSA) is 71.5 Å². The van der Waals surface area contributed by atoms with Gasteiger partial charge in [0.1, 0.15) is 5.75 Å². The van der Waals surface area contributed by atoms with Crippen molar-refractivity contribution in [3.8, 4) is 5.75 Å². The number of para-hydroxylation sites is 1. The van der Waals surface area contributed by atoms with Gasteiger partial charge in [0.2, 0.25) is 11.8 Å². The number of amides is 2. The molecule has 1 N–H and O–H groups in total. The number of hydrogen-bond acceptors (Lipinski definition) is 5. The third-order valence-electron chi connectivity index (χ3n) is 4.86. The first kappa shape index (κ1) is 18.4. The molecule has 1 aliphatic rings. The molecular formula is C21H21N3O3S. The number of thiazole rings is 1. The van der Waals surface area contributed by atoms with Crippen molar-refractivity contribution in [2.24, 2.45) is 5.92 Å². The number of carbonyl (C=O) groups excluding carboxylic acids is 2. The van der Waals surface area contributed by atoms with E-state index in [0.29, 0.717) is 19.5 Å². The van der Waals surface area contributed by atoms with Crippen LogP contribution in [0.1, 0.15) is 11.4 Å². The molecule has 4 rings (SSSR count). The van der Waals surface area contributed by atoms with Crippen molar-refractivity contribution in [1.82, 2.24) is 10.3 Å². The van der Waals surface area contributed by atoms with Crippen LogP contribution in [0.2, 0.25) is 0 Å². The van der Waals surface area contributed by atoms with Gasteiger partial charge >= 0.3 is 0 Å². The third-order valence-corrected chi connectivity index (χ3v) is 5.95. The highest BCUT2D eigenvalue weighted by Crippen LogP contribution is 2.27. The Morgan fingerprint density at radius 1 is 1.25 bits per heavy atom. The fourth-order valence-electron chi connectivity index (χ4n) is 3.36. The summed E-state index contributed by atoms with van der Waals surface area (Å²) in [4.78, 5) is 31.1. The van der Waals surface area contributed by atoms with Crippen LogP contribution in [0.5, 0.6) is 5.75 Å². The summed E-state index contributed by atoms with van der Waals surface area (Å²) >= 11 is 1.65. The third kappa shape index (κ3) is 3.84. The normalized spacial score (nSPS) is 16.5. The van der Waals surface area contributed by atoms with Gasteiger partial charge in [-0.15, -0.1) is 11.3 Å². The van der Waals surface area contributed by atoms with Gasteiger partial charge in [-0.25, -0.2) is 4.98 Å². The van der Waals surface area contributed by atoms with Crippen molar-refractivity contribution in [2.45, 2.75) is 12.8 Å². The van der Waals surface area contributed by atoms with E-state index in [1.807, 2.05) is 48.5 Å². The number of ether oxygens (including phenoxy) is 1. The highest BCUT2D eigenvalue weighted by molar-refractivity contribution is 7.18. The molecule has 1 aliphatic heterocycles. The van der Waals surface area contributed by atoms with E-state index in [1.54, 1.807) is 23.3 Å². The SMILES string of the molecule is COc1ccc(N2CC(C(=O)NCCc3nc4ccccc4s3)CC2=O)cc1. The van der Waals surface area contributed by atoms with Crippen molar-refractivity contribution in [2.75, 3.05) is 25.1 Å². The van der Waals surface area contributed by atoms with Gasteiger partial charge in [0, 0.05) is 31.6 Å². The molecule has 2 amide bonds. The zero-order chi connectivity index (χ0) is 19.5. The van der Waals surface area contributed by atoms with Gasteiger partial charge in [0.25, 0.3) is 0 Å². The highest BCUT2D eigenvalue weighted by atomic mass is 32.1. The maximum absolute atomic E-state index is 12.5. The van der Waals surface area contributed by atoms with E-state index in [2.05, 4.69) is 10.3 Å². The summed E-state index contributed by atoms with van der Waals surface area (Å²) in [6, 6.07) is 15.3. The average Bonchev–Trinajstić information content (AvgIpc) is 3.31. The number of carbonyl (C=O) groups is 2. The minimum Gasteiger partial charge on any atom is -0.497 e. The molecule has 1 atom stereocenters. The Balaban J connectivity index is 1.31. The van der Waals surface area contributed by atoms with Gasteiger partial charge in [-0.05, 0) is 36.4 Å². The lowest BCUT2D eigenvalue weighted by molar-refractivity contribution is -0.126. The molecule has 0 radical (unpaired) electrons. The van der Waals surface area contributed by atoms with E-state index in [4.69, 9.17) is 4.74 Å². The predicted molar refractivity (Wildman–Crippen MR) is 110 cm³/mol. The van der Waals surface area contributed by atoms with Crippen molar-refractivity contribution in [3.63, 3.8) is 0 Å². The van der Waals surface area contributed by atoms with Gasteiger partial charge < -0.3 is 15.0 Å². The maximum atomic E-state index is 12.5. The fourth-order valence-corrected chi connectivity index (χ4v) is 4.33. The molecule has 0 spiro atoms. The van der Waals surface area contributed by atoms with E-state index in [9.17, 15) is 9.59 Å². The molecule has 1 fully saturated rings. The molecule has 0 bridgehead atoms. The molecule has 2 aromatic carbocycles. The summed E-state index contributed by atoms with van der Waals surface area (Å²) in [6.45, 7) is 0.921. The van der Waals surface area contributed by atoms with Crippen molar-refractivity contribution >= 4 is 39.1 Å². The molecule has 7 heteroatoms. The lowest BCUT2D eigenvalue weighted by Crippen LogP contribution is -2.34. The molecule has 28 heavy (non-hydrogen) atoms. The van der Waals surface area contributed by atoms with Crippen molar-refractivity contribution in [3.05, 3.63) is 53.5 Å². The van der Waals surface area contributed by atoms with Crippen LogP contribution in [0.4, 0.5) is 5.69 Å². The zero-order valence-corrected chi connectivity index (χ0v) is 16.4. The highest BCUT2D eigenvalue weighted by Gasteiger charge is 2.34. The first-order valence-corrected chi connectivity index (χ1v) is 10.0. The largest absolute Gasteiger partial charge is 0.497 e. The monoisotopic (exact) mass is 395 g/mol. The predicted octanol–water partition coefficient (Wildman–Crippen LogP) is 3.02. The van der Waals surface area contributed by atoms with E-state index in [-0.39, 0.29) is 24.2 Å². The summed E-state index contributed by atoms with van der Waals surface area (Å²) in [6.07, 6.45) is 0.924. The molecule has 3 aromatic rings. The number of nitrogens with zero attached hydrogens (tertiary/aromatic N) is 2. The number of methoxy groups -OCH3 is 1. The molecule has 1 unspecified atom stereocenters. The number of rotatable bonds is 6. The molecule has 1 aromatic heterocycles. The van der Waals surface area contributed by atoms with Crippen LogP contribution >= 0.6 is 11.3 Å². The quantitative estimate of drug-likeness (QED) is 0.696. The molecule has 1 saturated heterocycles. The maximum Gasteiger partial charge on any atom is 0.227 e. The van der Waals surface area contributed by atoms with Gasteiger partial charge in [-0.3, -0.25) is 9.59 Å². The summed E-state index contributed by atoms with van der Waals surface area (Å²) < 4.78 is 6.30. The number of benzene rings is 2. The summed E-state index contributed by atoms with van der Waals surface area (Å²) in [5.41, 5.74) is 1.78. The first-order valence-electron chi connectivity index (χ1n) is 9.20. The van der Waals surface area contributed by atoms with E-state index >= 15 is 0 Å². The Hall–Kier alpha value is -2.93. The zero-order valence-electron chi connectivity index (χ0n) is 15.6. The number of anilines is 1. The number of fused-ring (bicyclic) bond motifs is 1. The number of nitrogens with one attached hydrogen (secondary N) is 1. The summed E-state index contributed by atoms with van der Waals surface area (Å²) in [5, 5.41) is 3.96. The van der Waals surface area contributed by atoms with Gasteiger partial charge in [0.05, 0.1) is 28.3 Å². The van der Waals surface area contributed by atoms with E-state index in [1.165, 1.54) is 0 Å². The first-order chi connectivity index (χ1) is 13.6. The average molecular weight is 395 g/mol. The molecule has 2 heterocycles. The van der Waals surface area contributed by atoms with Crippen LogP contribution in [0.25, 0.3) is 10.2 Å². The smallest absolute Gasteiger partial charge is 0.227 e. The second-order valence-electron chi connectivity index (χ2n) is 6.72. The Labute approximate surface area is 167 Å². The van der Waals surface area contributed by atoms with Crippen LogP contribution in [0.15, 0.2) is 48.5 Å². The second-order valence-corrected chi connectivity index (χ2v) is 7.83. The van der Waals surface area contributed by atoms with Gasteiger partial charge in [-0.2, -0.15) is 0 Å². The fraction of sp³-hybridized carbons (Fsp3) is 0.286. The second kappa shape index (κ2) is 7.98. The molecular weight excluding hydrogens is 374 g/mol. The summed E-state index contributed by atoms with van der Waals surface area (Å²) in [5.74, 6) is 0.298. The van der Waals surface area contributed by atoms with E-state index < -0.39 is 0 Å². The Bertz CT molecular complexity index is 967. The standard InChI is InChI=1S/C21H21N3O3S/c1-27-16-8-6-15(7-9-16)24-13-14(12-20(24)25)21(26)22-11-10-19-23-17-4-2-3-5-18(17)28-19/h2-9,14H,10-13H2,1H3,(H,22,26). The Kier molecular flexibility index (Phi) is 5.25. The van der Waals surface area contributed by atoms with Crippen LogP contribution in [-0.2, 0) is 16.0 Å². The summed E-state index contributed by atoms with van der Waals surface area (Å²) in [7, 11) is 1.60. The molecule has 0 aliphatic carbocycles. The minimum atomic E-state index is -0.329. The molecule has 6 nitrogen and oxygen atoms in total. The minimum absolute atomic E-state index is 0.0310. The van der Waals surface area contributed by atoms with Crippen LogP contribution in [0, 0.1) is 5.92 Å². The lowest BCUT2D eigenvalue weighted by Gasteiger charge is -2.17. The van der Waals surface area contributed by atoms with Crippen molar-refractivity contribution in [1.29, 1.82) is 0 Å². The van der Waals surface area contributed by atoms with Crippen molar-refractivity contribution < 1.29 is 14.3 Å². The number of aromatic nitrogens is 1. The van der Waals surface area contributed by atoms with Crippen LogP contribution in [-0.4, -0.2) is 37.0 Å². The van der Waals surface area contributed by atoms with Crippen LogP contribution in [0.3, 0.4) is 0 Å². The van der Waals surface area contributed by atoms with Gasteiger partial charge in [-0.1, -0.05) is 12.1 Å². The Morgan fingerprint density at radius 2 is 2.04 bits per heavy atom. The lowest BCUT2D eigenvalue weighted by atomic mass is 10.1.